The summed E-state index contributed by atoms with van der Waals surface area (Å²) in [5, 5.41) is 0.742. The molecule has 0 amide bonds. The Morgan fingerprint density at radius 3 is 2.53 bits per heavy atom. The monoisotopic (exact) mass is 283 g/mol. The Kier molecular flexibility index (Phi) is 4.81. The van der Waals surface area contributed by atoms with E-state index in [1.54, 1.807) is 0 Å². The van der Waals surface area contributed by atoms with Crippen LogP contribution in [0, 0.1) is 0 Å². The second-order valence-corrected chi connectivity index (χ2v) is 5.78. The number of rotatable bonds is 4. The predicted octanol–water partition coefficient (Wildman–Crippen LogP) is 1.96. The van der Waals surface area contributed by atoms with E-state index in [9.17, 15) is 0 Å². The van der Waals surface area contributed by atoms with Crippen molar-refractivity contribution in [1.82, 2.24) is 10.3 Å². The minimum absolute atomic E-state index is 0.0284. The molecule has 1 atom stereocenters. The fourth-order valence-electron chi connectivity index (χ4n) is 2.71. The molecule has 0 aromatic heterocycles. The molecule has 1 fully saturated rings. The molecule has 1 aliphatic rings. The van der Waals surface area contributed by atoms with Gasteiger partial charge in [0.25, 0.3) is 0 Å². The molecule has 0 bridgehead atoms. The Labute approximate surface area is 119 Å². The number of morpholine rings is 1. The average Bonchev–Trinajstić information content (AvgIpc) is 2.42. The fourth-order valence-corrected chi connectivity index (χ4v) is 2.95. The van der Waals surface area contributed by atoms with Gasteiger partial charge in [-0.2, -0.15) is 0 Å². The summed E-state index contributed by atoms with van der Waals surface area (Å²) < 4.78 is 5.42. The molecule has 1 saturated heterocycles. The average molecular weight is 284 g/mol. The van der Waals surface area contributed by atoms with Crippen LogP contribution in [0.25, 0.3) is 0 Å². The van der Waals surface area contributed by atoms with Gasteiger partial charge in [-0.15, -0.1) is 0 Å². The summed E-state index contributed by atoms with van der Waals surface area (Å²) in [7, 11) is 0. The molecule has 106 valence electrons. The summed E-state index contributed by atoms with van der Waals surface area (Å²) >= 11 is 6.30. The van der Waals surface area contributed by atoms with Gasteiger partial charge < -0.3 is 4.74 Å². The molecular weight excluding hydrogens is 262 g/mol. The SMILES string of the molecule is CC(C)(C(NN)c1ccccc1Cl)N1CCOCC1. The van der Waals surface area contributed by atoms with Gasteiger partial charge in [-0.05, 0) is 25.5 Å². The van der Waals surface area contributed by atoms with Crippen molar-refractivity contribution in [2.45, 2.75) is 25.4 Å². The maximum Gasteiger partial charge on any atom is 0.0653 e. The highest BCUT2D eigenvalue weighted by molar-refractivity contribution is 6.31. The van der Waals surface area contributed by atoms with Gasteiger partial charge in [0.1, 0.15) is 0 Å². The number of nitrogens with zero attached hydrogens (tertiary/aromatic N) is 1. The Hall–Kier alpha value is -0.650. The molecule has 1 aliphatic heterocycles. The zero-order valence-electron chi connectivity index (χ0n) is 11.5. The number of nitrogens with two attached hydrogens (primary N) is 1. The molecule has 0 spiro atoms. The molecule has 19 heavy (non-hydrogen) atoms. The van der Waals surface area contributed by atoms with Crippen molar-refractivity contribution in [3.8, 4) is 0 Å². The largest absolute Gasteiger partial charge is 0.379 e. The van der Waals surface area contributed by atoms with Crippen LogP contribution in [0.15, 0.2) is 24.3 Å². The molecule has 1 unspecified atom stereocenters. The lowest BCUT2D eigenvalue weighted by Crippen LogP contribution is -2.57. The smallest absolute Gasteiger partial charge is 0.0653 e. The highest BCUT2D eigenvalue weighted by atomic mass is 35.5. The third-order valence-electron chi connectivity index (χ3n) is 3.92. The first-order valence-corrected chi connectivity index (χ1v) is 6.98. The van der Waals surface area contributed by atoms with Crippen LogP contribution in [0.2, 0.25) is 5.02 Å². The molecule has 1 aromatic carbocycles. The number of halogens is 1. The highest BCUT2D eigenvalue weighted by Gasteiger charge is 2.37. The van der Waals surface area contributed by atoms with Crippen LogP contribution < -0.4 is 11.3 Å². The third-order valence-corrected chi connectivity index (χ3v) is 4.26. The molecule has 5 heteroatoms. The van der Waals surface area contributed by atoms with Crippen molar-refractivity contribution in [3.05, 3.63) is 34.9 Å². The summed E-state index contributed by atoms with van der Waals surface area (Å²) in [6.07, 6.45) is 0. The topological polar surface area (TPSA) is 50.5 Å². The lowest BCUT2D eigenvalue weighted by atomic mass is 9.87. The van der Waals surface area contributed by atoms with Crippen LogP contribution >= 0.6 is 11.6 Å². The van der Waals surface area contributed by atoms with Crippen LogP contribution in [-0.4, -0.2) is 36.7 Å². The number of benzene rings is 1. The van der Waals surface area contributed by atoms with Crippen molar-refractivity contribution in [3.63, 3.8) is 0 Å². The summed E-state index contributed by atoms with van der Waals surface area (Å²) in [4.78, 5) is 2.39. The standard InChI is InChI=1S/C14H22ClN3O/c1-14(2,18-7-9-19-10-8-18)13(17-16)11-5-3-4-6-12(11)15/h3-6,13,17H,7-10,16H2,1-2H3. The quantitative estimate of drug-likeness (QED) is 0.655. The maximum atomic E-state index is 6.30. The maximum absolute atomic E-state index is 6.30. The van der Waals surface area contributed by atoms with E-state index in [1.807, 2.05) is 24.3 Å². The number of hydrazine groups is 1. The molecular formula is C14H22ClN3O. The minimum Gasteiger partial charge on any atom is -0.379 e. The van der Waals surface area contributed by atoms with Crippen molar-refractivity contribution >= 4 is 11.6 Å². The molecule has 1 heterocycles. The van der Waals surface area contributed by atoms with Gasteiger partial charge >= 0.3 is 0 Å². The Morgan fingerprint density at radius 2 is 1.95 bits per heavy atom. The van der Waals surface area contributed by atoms with Crippen LogP contribution in [0.5, 0.6) is 0 Å². The van der Waals surface area contributed by atoms with Gasteiger partial charge in [-0.3, -0.25) is 16.2 Å². The number of hydrogen-bond donors (Lipinski definition) is 2. The van der Waals surface area contributed by atoms with E-state index in [2.05, 4.69) is 24.2 Å². The Bertz CT molecular complexity index is 419. The van der Waals surface area contributed by atoms with Crippen molar-refractivity contribution < 1.29 is 4.74 Å². The van der Waals surface area contributed by atoms with Gasteiger partial charge in [0.05, 0.1) is 19.3 Å². The Balaban J connectivity index is 2.27. The summed E-state index contributed by atoms with van der Waals surface area (Å²) in [5.41, 5.74) is 3.83. The van der Waals surface area contributed by atoms with E-state index in [1.165, 1.54) is 0 Å². The van der Waals surface area contributed by atoms with Crippen LogP contribution in [-0.2, 0) is 4.74 Å². The minimum atomic E-state index is -0.135. The van der Waals surface area contributed by atoms with Gasteiger partial charge in [-0.1, -0.05) is 29.8 Å². The van der Waals surface area contributed by atoms with Gasteiger partial charge in [-0.25, -0.2) is 0 Å². The second kappa shape index (κ2) is 6.20. The molecule has 0 radical (unpaired) electrons. The first-order valence-electron chi connectivity index (χ1n) is 6.60. The first kappa shape index (κ1) is 14.8. The van der Waals surface area contributed by atoms with E-state index in [4.69, 9.17) is 22.2 Å². The predicted molar refractivity (Wildman–Crippen MR) is 78.0 cm³/mol. The number of nitrogens with one attached hydrogen (secondary N) is 1. The summed E-state index contributed by atoms with van der Waals surface area (Å²) in [5.74, 6) is 5.80. The fraction of sp³-hybridized carbons (Fsp3) is 0.571. The van der Waals surface area contributed by atoms with Crippen LogP contribution in [0.1, 0.15) is 25.5 Å². The lowest BCUT2D eigenvalue weighted by Gasteiger charge is -2.45. The highest BCUT2D eigenvalue weighted by Crippen LogP contribution is 2.34. The Morgan fingerprint density at radius 1 is 1.32 bits per heavy atom. The molecule has 2 rings (SSSR count). The number of hydrogen-bond acceptors (Lipinski definition) is 4. The van der Waals surface area contributed by atoms with Gasteiger partial charge in [0.15, 0.2) is 0 Å². The zero-order valence-corrected chi connectivity index (χ0v) is 12.3. The number of ether oxygens (including phenoxy) is 1. The van der Waals surface area contributed by atoms with Gasteiger partial charge in [0.2, 0.25) is 0 Å². The molecule has 1 aromatic rings. The third kappa shape index (κ3) is 3.09. The van der Waals surface area contributed by atoms with Crippen molar-refractivity contribution in [1.29, 1.82) is 0 Å². The molecule has 3 N–H and O–H groups in total. The van der Waals surface area contributed by atoms with E-state index in [-0.39, 0.29) is 11.6 Å². The summed E-state index contributed by atoms with van der Waals surface area (Å²) in [6, 6.07) is 7.81. The van der Waals surface area contributed by atoms with E-state index < -0.39 is 0 Å². The van der Waals surface area contributed by atoms with E-state index in [0.717, 1.165) is 36.9 Å². The molecule has 0 aliphatic carbocycles. The summed E-state index contributed by atoms with van der Waals surface area (Å²) in [6.45, 7) is 7.73. The lowest BCUT2D eigenvalue weighted by molar-refractivity contribution is -0.0238. The molecule has 4 nitrogen and oxygen atoms in total. The second-order valence-electron chi connectivity index (χ2n) is 5.37. The van der Waals surface area contributed by atoms with Crippen molar-refractivity contribution in [2.75, 3.05) is 26.3 Å². The van der Waals surface area contributed by atoms with Crippen molar-refractivity contribution in [2.24, 2.45) is 5.84 Å². The zero-order chi connectivity index (χ0) is 13.9. The normalized spacial score (nSPS) is 19.4. The van der Waals surface area contributed by atoms with E-state index in [0.29, 0.717) is 0 Å². The first-order chi connectivity index (χ1) is 9.07. The molecule has 0 saturated carbocycles. The van der Waals surface area contributed by atoms with E-state index >= 15 is 0 Å². The van der Waals surface area contributed by atoms with Crippen LogP contribution in [0.3, 0.4) is 0 Å². The van der Waals surface area contributed by atoms with Gasteiger partial charge in [0, 0.05) is 23.7 Å². The van der Waals surface area contributed by atoms with Crippen LogP contribution in [0.4, 0.5) is 0 Å².